The SMILES string of the molecule is C=S1(=C)C=NC[C@H](C)[C@@H]1C. The van der Waals surface area contributed by atoms with Crippen molar-refractivity contribution in [3.05, 3.63) is 0 Å². The van der Waals surface area contributed by atoms with Crippen LogP contribution in [0.4, 0.5) is 0 Å². The first-order valence-electron chi connectivity index (χ1n) is 3.52. The molecule has 2 atom stereocenters. The van der Waals surface area contributed by atoms with Gasteiger partial charge in [-0.05, 0) is 5.92 Å². The fourth-order valence-corrected chi connectivity index (χ4v) is 2.65. The lowest BCUT2D eigenvalue weighted by molar-refractivity contribution is 0.588. The lowest BCUT2D eigenvalue weighted by Crippen LogP contribution is -2.21. The summed E-state index contributed by atoms with van der Waals surface area (Å²) < 4.78 is 0. The molecule has 1 nitrogen and oxygen atoms in total. The predicted octanol–water partition coefficient (Wildman–Crippen LogP) is 1.72. The van der Waals surface area contributed by atoms with Crippen molar-refractivity contribution in [2.45, 2.75) is 19.1 Å². The van der Waals surface area contributed by atoms with Crippen LogP contribution >= 0.6 is 9.21 Å². The Morgan fingerprint density at radius 1 is 1.50 bits per heavy atom. The van der Waals surface area contributed by atoms with Crippen molar-refractivity contribution in [2.75, 3.05) is 6.54 Å². The summed E-state index contributed by atoms with van der Waals surface area (Å²) in [6, 6.07) is 0. The van der Waals surface area contributed by atoms with Gasteiger partial charge in [0.1, 0.15) is 0 Å². The van der Waals surface area contributed by atoms with Gasteiger partial charge in [-0.25, -0.2) is 0 Å². The molecule has 0 spiro atoms. The standard InChI is InChI=1S/C8H15NS/c1-7-5-9-6-10(3,4)8(7)2/h6-8H,3-5H2,1-2H3/t7-,8-/m0/s1. The quantitative estimate of drug-likeness (QED) is 0.475. The average molecular weight is 157 g/mol. The topological polar surface area (TPSA) is 12.4 Å². The second kappa shape index (κ2) is 2.42. The minimum Gasteiger partial charge on any atom is -0.287 e. The molecular formula is C8H15NS. The third-order valence-electron chi connectivity index (χ3n) is 2.22. The number of rotatable bonds is 0. The zero-order chi connectivity index (χ0) is 7.78. The van der Waals surface area contributed by atoms with E-state index in [9.17, 15) is 0 Å². The molecule has 1 aliphatic heterocycles. The molecule has 0 amide bonds. The monoisotopic (exact) mass is 157 g/mol. The van der Waals surface area contributed by atoms with Gasteiger partial charge in [-0.3, -0.25) is 4.99 Å². The Labute approximate surface area is 63.6 Å². The van der Waals surface area contributed by atoms with Gasteiger partial charge in [0.2, 0.25) is 0 Å². The van der Waals surface area contributed by atoms with Gasteiger partial charge in [-0.2, -0.15) is 9.21 Å². The fourth-order valence-electron chi connectivity index (χ4n) is 1.06. The van der Waals surface area contributed by atoms with Crippen LogP contribution in [-0.2, 0) is 0 Å². The highest BCUT2D eigenvalue weighted by atomic mass is 32.2. The molecule has 0 unspecified atom stereocenters. The Balaban J connectivity index is 2.99. The first kappa shape index (κ1) is 7.86. The van der Waals surface area contributed by atoms with E-state index in [1.807, 2.05) is 5.55 Å². The maximum absolute atomic E-state index is 4.25. The largest absolute Gasteiger partial charge is 0.287 e. The van der Waals surface area contributed by atoms with Gasteiger partial charge < -0.3 is 0 Å². The lowest BCUT2D eigenvalue weighted by Gasteiger charge is -2.27. The Kier molecular flexibility index (Phi) is 1.90. The van der Waals surface area contributed by atoms with E-state index in [1.165, 1.54) is 0 Å². The van der Waals surface area contributed by atoms with Crippen LogP contribution in [0.5, 0.6) is 0 Å². The maximum Gasteiger partial charge on any atom is 0.0433 e. The first-order valence-corrected chi connectivity index (χ1v) is 5.62. The molecule has 2 heteroatoms. The van der Waals surface area contributed by atoms with E-state index in [1.54, 1.807) is 0 Å². The summed E-state index contributed by atoms with van der Waals surface area (Å²) in [5.74, 6) is 8.83. The third kappa shape index (κ3) is 1.26. The highest BCUT2D eigenvalue weighted by molar-refractivity contribution is 8.38. The van der Waals surface area contributed by atoms with Crippen LogP contribution in [0.1, 0.15) is 13.8 Å². The van der Waals surface area contributed by atoms with Crippen LogP contribution < -0.4 is 0 Å². The number of nitrogens with zero attached hydrogens (tertiary/aromatic N) is 1. The Morgan fingerprint density at radius 2 is 2.10 bits per heavy atom. The van der Waals surface area contributed by atoms with Gasteiger partial charge in [0.05, 0.1) is 0 Å². The molecule has 0 aromatic rings. The average Bonchev–Trinajstić information content (AvgIpc) is 1.83. The van der Waals surface area contributed by atoms with Crippen molar-refractivity contribution in [1.82, 2.24) is 0 Å². The van der Waals surface area contributed by atoms with E-state index in [4.69, 9.17) is 0 Å². The van der Waals surface area contributed by atoms with E-state index in [0.717, 1.165) is 6.54 Å². The lowest BCUT2D eigenvalue weighted by atomic mass is 10.1. The van der Waals surface area contributed by atoms with Crippen LogP contribution in [0.3, 0.4) is 0 Å². The van der Waals surface area contributed by atoms with E-state index in [-0.39, 0.29) is 0 Å². The molecule has 10 heavy (non-hydrogen) atoms. The minimum absolute atomic E-state index is 0.630. The summed E-state index contributed by atoms with van der Waals surface area (Å²) in [6.45, 7) is 5.41. The van der Waals surface area contributed by atoms with E-state index in [0.29, 0.717) is 11.2 Å². The molecule has 0 saturated heterocycles. The highest BCUT2D eigenvalue weighted by Crippen LogP contribution is 2.32. The molecule has 0 saturated carbocycles. The fraction of sp³-hybridized carbons (Fsp3) is 0.625. The molecule has 0 aromatic carbocycles. The molecule has 0 radical (unpaired) electrons. The second-order valence-electron chi connectivity index (χ2n) is 3.16. The molecule has 1 rings (SSSR count). The van der Waals surface area contributed by atoms with E-state index >= 15 is 0 Å². The minimum atomic E-state index is -1.00. The molecule has 58 valence electrons. The van der Waals surface area contributed by atoms with Gasteiger partial charge in [0.15, 0.2) is 0 Å². The van der Waals surface area contributed by atoms with Gasteiger partial charge in [0, 0.05) is 17.3 Å². The molecule has 0 aromatic heterocycles. The van der Waals surface area contributed by atoms with Crippen molar-refractivity contribution in [1.29, 1.82) is 0 Å². The predicted molar refractivity (Wildman–Crippen MR) is 53.8 cm³/mol. The van der Waals surface area contributed by atoms with Crippen LogP contribution in [0, 0.1) is 5.92 Å². The Morgan fingerprint density at radius 3 is 2.50 bits per heavy atom. The molecule has 0 bridgehead atoms. The van der Waals surface area contributed by atoms with Crippen molar-refractivity contribution < 1.29 is 0 Å². The van der Waals surface area contributed by atoms with E-state index in [2.05, 4.69) is 30.6 Å². The molecule has 0 fully saturated rings. The molecule has 1 heterocycles. The smallest absolute Gasteiger partial charge is 0.0433 e. The molecule has 0 aliphatic carbocycles. The van der Waals surface area contributed by atoms with Gasteiger partial charge >= 0.3 is 0 Å². The summed E-state index contributed by atoms with van der Waals surface area (Å²) >= 11 is 0. The molecular weight excluding hydrogens is 142 g/mol. The van der Waals surface area contributed by atoms with Crippen LogP contribution in [-0.4, -0.2) is 29.1 Å². The van der Waals surface area contributed by atoms with Crippen LogP contribution in [0.15, 0.2) is 4.99 Å². The second-order valence-corrected chi connectivity index (χ2v) is 6.13. The summed E-state index contributed by atoms with van der Waals surface area (Å²) in [5.41, 5.74) is 1.97. The number of aliphatic imine (C=N–C) groups is 1. The maximum atomic E-state index is 4.25. The van der Waals surface area contributed by atoms with E-state index < -0.39 is 9.21 Å². The van der Waals surface area contributed by atoms with Crippen molar-refractivity contribution in [3.8, 4) is 0 Å². The van der Waals surface area contributed by atoms with Crippen molar-refractivity contribution in [3.63, 3.8) is 0 Å². The zero-order valence-electron chi connectivity index (χ0n) is 6.71. The molecule has 1 aliphatic rings. The summed E-state index contributed by atoms with van der Waals surface area (Å²) in [4.78, 5) is 4.25. The third-order valence-corrected chi connectivity index (χ3v) is 4.73. The van der Waals surface area contributed by atoms with Crippen LogP contribution in [0.25, 0.3) is 0 Å². The van der Waals surface area contributed by atoms with Crippen LogP contribution in [0.2, 0.25) is 0 Å². The zero-order valence-corrected chi connectivity index (χ0v) is 7.53. The van der Waals surface area contributed by atoms with Gasteiger partial charge in [0.25, 0.3) is 0 Å². The van der Waals surface area contributed by atoms with Crippen molar-refractivity contribution >= 4 is 26.5 Å². The Hall–Kier alpha value is -0.240. The van der Waals surface area contributed by atoms with Crippen molar-refractivity contribution in [2.24, 2.45) is 10.9 Å². The summed E-state index contributed by atoms with van der Waals surface area (Å²) in [5, 5.41) is 0.630. The highest BCUT2D eigenvalue weighted by Gasteiger charge is 2.18. The van der Waals surface area contributed by atoms with Gasteiger partial charge in [-0.1, -0.05) is 25.6 Å². The summed E-state index contributed by atoms with van der Waals surface area (Å²) in [6.07, 6.45) is 0. The summed E-state index contributed by atoms with van der Waals surface area (Å²) in [7, 11) is -1.00. The normalized spacial score (nSPS) is 37.8. The van der Waals surface area contributed by atoms with Gasteiger partial charge in [-0.15, -0.1) is 0 Å². The first-order chi connectivity index (χ1) is 4.54. The number of hydrogen-bond acceptors (Lipinski definition) is 1. The number of hydrogen-bond donors (Lipinski definition) is 0. The Bertz CT molecular complexity index is 236. The molecule has 0 N–H and O–H groups in total.